The van der Waals surface area contributed by atoms with E-state index in [0.29, 0.717) is 0 Å². The third kappa shape index (κ3) is 4.82. The Morgan fingerprint density at radius 1 is 1.54 bits per heavy atom. The van der Waals surface area contributed by atoms with Crippen molar-refractivity contribution in [3.8, 4) is 0 Å². The van der Waals surface area contributed by atoms with Gasteiger partial charge in [-0.15, -0.1) is 0 Å². The zero-order valence-corrected chi connectivity index (χ0v) is 8.03. The predicted octanol–water partition coefficient (Wildman–Crippen LogP) is -0.995. The van der Waals surface area contributed by atoms with E-state index in [1.807, 2.05) is 13.8 Å². The van der Waals surface area contributed by atoms with E-state index in [0.717, 1.165) is 0 Å². The van der Waals surface area contributed by atoms with Crippen molar-refractivity contribution in [3.05, 3.63) is 0 Å². The van der Waals surface area contributed by atoms with Gasteiger partial charge in [0, 0.05) is 19.2 Å². The van der Waals surface area contributed by atoms with Crippen LogP contribution in [0.4, 0.5) is 0 Å². The number of hydrogen-bond acceptors (Lipinski definition) is 4. The lowest BCUT2D eigenvalue weighted by atomic mass is 10.1. The summed E-state index contributed by atoms with van der Waals surface area (Å²) in [4.78, 5) is 10.3. The zero-order valence-electron chi connectivity index (χ0n) is 8.03. The summed E-state index contributed by atoms with van der Waals surface area (Å²) in [6, 6.07) is -0.816. The second-order valence-electron chi connectivity index (χ2n) is 3.30. The molecular formula is C8H18N2O3. The highest BCUT2D eigenvalue weighted by Crippen LogP contribution is 1.99. The molecule has 0 spiro atoms. The first-order valence-corrected chi connectivity index (χ1v) is 4.31. The quantitative estimate of drug-likeness (QED) is 0.431. The number of aliphatic hydroxyl groups excluding tert-OH is 1. The molecule has 0 aromatic rings. The summed E-state index contributed by atoms with van der Waals surface area (Å²) in [7, 11) is 0. The Morgan fingerprint density at radius 2 is 2.08 bits per heavy atom. The molecule has 0 aromatic carbocycles. The Kier molecular flexibility index (Phi) is 5.61. The molecule has 0 aliphatic carbocycles. The van der Waals surface area contributed by atoms with E-state index in [1.54, 1.807) is 0 Å². The van der Waals surface area contributed by atoms with Crippen molar-refractivity contribution in [3.63, 3.8) is 0 Å². The molecule has 0 aliphatic rings. The number of nitrogens with one attached hydrogen (secondary N) is 1. The minimum Gasteiger partial charge on any atom is -0.480 e. The third-order valence-electron chi connectivity index (χ3n) is 2.12. The SMILES string of the molecule is CC(CO)C(C)NCC(N)C(=O)O. The fourth-order valence-corrected chi connectivity index (χ4v) is 0.759. The van der Waals surface area contributed by atoms with E-state index in [1.165, 1.54) is 0 Å². The van der Waals surface area contributed by atoms with E-state index in [4.69, 9.17) is 15.9 Å². The van der Waals surface area contributed by atoms with E-state index < -0.39 is 12.0 Å². The summed E-state index contributed by atoms with van der Waals surface area (Å²) in [6.07, 6.45) is 0. The van der Waals surface area contributed by atoms with E-state index in [9.17, 15) is 4.79 Å². The average molecular weight is 190 g/mol. The average Bonchev–Trinajstić information content (AvgIpc) is 2.11. The van der Waals surface area contributed by atoms with Crippen molar-refractivity contribution in [1.82, 2.24) is 5.32 Å². The summed E-state index contributed by atoms with van der Waals surface area (Å²) in [6.45, 7) is 4.07. The number of hydrogen-bond donors (Lipinski definition) is 4. The van der Waals surface area contributed by atoms with Gasteiger partial charge in [-0.3, -0.25) is 4.79 Å². The molecule has 3 unspecified atom stereocenters. The number of aliphatic hydroxyl groups is 1. The van der Waals surface area contributed by atoms with Crippen LogP contribution in [0, 0.1) is 5.92 Å². The molecule has 0 fully saturated rings. The van der Waals surface area contributed by atoms with Gasteiger partial charge in [-0.1, -0.05) is 6.92 Å². The normalized spacial score (nSPS) is 17.8. The maximum absolute atomic E-state index is 10.3. The summed E-state index contributed by atoms with van der Waals surface area (Å²) in [5.74, 6) is -0.919. The third-order valence-corrected chi connectivity index (χ3v) is 2.12. The lowest BCUT2D eigenvalue weighted by Gasteiger charge is -2.20. The lowest BCUT2D eigenvalue weighted by molar-refractivity contribution is -0.138. The molecule has 0 aromatic heterocycles. The molecule has 0 amide bonds. The van der Waals surface area contributed by atoms with Gasteiger partial charge in [0.15, 0.2) is 0 Å². The van der Waals surface area contributed by atoms with Gasteiger partial charge < -0.3 is 21.3 Å². The molecule has 0 heterocycles. The Bertz CT molecular complexity index is 163. The van der Waals surface area contributed by atoms with Gasteiger partial charge in [0.05, 0.1) is 0 Å². The molecule has 5 heteroatoms. The van der Waals surface area contributed by atoms with E-state index >= 15 is 0 Å². The molecule has 0 rings (SSSR count). The van der Waals surface area contributed by atoms with Crippen molar-refractivity contribution < 1.29 is 15.0 Å². The summed E-state index contributed by atoms with van der Waals surface area (Å²) >= 11 is 0. The van der Waals surface area contributed by atoms with Crippen LogP contribution in [0.15, 0.2) is 0 Å². The molecule has 5 N–H and O–H groups in total. The molecular weight excluding hydrogens is 172 g/mol. The standard InChI is InChI=1S/C8H18N2O3/c1-5(4-11)6(2)10-3-7(9)8(12)13/h5-7,10-11H,3-4,9H2,1-2H3,(H,12,13). The van der Waals surface area contributed by atoms with E-state index in [2.05, 4.69) is 5.32 Å². The molecule has 78 valence electrons. The smallest absolute Gasteiger partial charge is 0.321 e. The molecule has 3 atom stereocenters. The largest absolute Gasteiger partial charge is 0.480 e. The highest BCUT2D eigenvalue weighted by Gasteiger charge is 2.15. The topological polar surface area (TPSA) is 95.6 Å². The molecule has 0 bridgehead atoms. The van der Waals surface area contributed by atoms with Gasteiger partial charge >= 0.3 is 5.97 Å². The Hall–Kier alpha value is -0.650. The lowest BCUT2D eigenvalue weighted by Crippen LogP contribution is -2.45. The molecule has 13 heavy (non-hydrogen) atoms. The molecule has 0 saturated carbocycles. The number of carboxylic acids is 1. The van der Waals surface area contributed by atoms with Crippen molar-refractivity contribution in [2.45, 2.75) is 25.9 Å². The summed E-state index contributed by atoms with van der Waals surface area (Å²) < 4.78 is 0. The van der Waals surface area contributed by atoms with Gasteiger partial charge in [0.1, 0.15) is 6.04 Å². The minimum atomic E-state index is -1.02. The van der Waals surface area contributed by atoms with Crippen LogP contribution in [0.25, 0.3) is 0 Å². The van der Waals surface area contributed by atoms with Gasteiger partial charge in [0.2, 0.25) is 0 Å². The number of nitrogens with two attached hydrogens (primary N) is 1. The fraction of sp³-hybridized carbons (Fsp3) is 0.875. The summed E-state index contributed by atoms with van der Waals surface area (Å²) in [5, 5.41) is 20.2. The van der Waals surface area contributed by atoms with Crippen LogP contribution in [0.3, 0.4) is 0 Å². The maximum atomic E-state index is 10.3. The number of carbonyl (C=O) groups is 1. The maximum Gasteiger partial charge on any atom is 0.321 e. The van der Waals surface area contributed by atoms with E-state index in [-0.39, 0.29) is 25.1 Å². The van der Waals surface area contributed by atoms with Crippen LogP contribution in [0.1, 0.15) is 13.8 Å². The van der Waals surface area contributed by atoms with Crippen LogP contribution in [-0.2, 0) is 4.79 Å². The van der Waals surface area contributed by atoms with Crippen LogP contribution >= 0.6 is 0 Å². The van der Waals surface area contributed by atoms with Crippen molar-refractivity contribution in [1.29, 1.82) is 0 Å². The predicted molar refractivity (Wildman–Crippen MR) is 49.3 cm³/mol. The van der Waals surface area contributed by atoms with Crippen LogP contribution in [0.5, 0.6) is 0 Å². The molecule has 0 saturated heterocycles. The Labute approximate surface area is 77.9 Å². The monoisotopic (exact) mass is 190 g/mol. The number of rotatable bonds is 6. The Morgan fingerprint density at radius 3 is 2.46 bits per heavy atom. The fourth-order valence-electron chi connectivity index (χ4n) is 0.759. The first-order valence-electron chi connectivity index (χ1n) is 4.31. The second kappa shape index (κ2) is 5.90. The first-order chi connectivity index (χ1) is 5.99. The van der Waals surface area contributed by atoms with Crippen LogP contribution in [-0.4, -0.2) is 41.4 Å². The Balaban J connectivity index is 3.69. The summed E-state index contributed by atoms with van der Waals surface area (Å²) in [5.41, 5.74) is 5.28. The number of carboxylic acid groups (broad SMARTS) is 1. The van der Waals surface area contributed by atoms with Gasteiger partial charge in [-0.05, 0) is 12.8 Å². The first kappa shape index (κ1) is 12.3. The number of aliphatic carboxylic acids is 1. The molecule has 0 aliphatic heterocycles. The minimum absolute atomic E-state index is 0.0652. The molecule has 0 radical (unpaired) electrons. The van der Waals surface area contributed by atoms with Crippen LogP contribution < -0.4 is 11.1 Å². The highest BCUT2D eigenvalue weighted by molar-refractivity contribution is 5.73. The van der Waals surface area contributed by atoms with Gasteiger partial charge in [0.25, 0.3) is 0 Å². The van der Waals surface area contributed by atoms with Gasteiger partial charge in [-0.25, -0.2) is 0 Å². The second-order valence-corrected chi connectivity index (χ2v) is 3.30. The van der Waals surface area contributed by atoms with Gasteiger partial charge in [-0.2, -0.15) is 0 Å². The highest BCUT2D eigenvalue weighted by atomic mass is 16.4. The van der Waals surface area contributed by atoms with Crippen molar-refractivity contribution in [2.24, 2.45) is 11.7 Å². The molecule has 5 nitrogen and oxygen atoms in total. The zero-order chi connectivity index (χ0) is 10.4. The van der Waals surface area contributed by atoms with Crippen molar-refractivity contribution >= 4 is 5.97 Å². The van der Waals surface area contributed by atoms with Crippen LogP contribution in [0.2, 0.25) is 0 Å². The van der Waals surface area contributed by atoms with Crippen molar-refractivity contribution in [2.75, 3.05) is 13.2 Å².